The maximum atomic E-state index is 12.7. The summed E-state index contributed by atoms with van der Waals surface area (Å²) < 4.78 is 6.90. The second-order valence-corrected chi connectivity index (χ2v) is 8.69. The van der Waals surface area contributed by atoms with Crippen LogP contribution in [-0.2, 0) is 4.79 Å². The first-order valence-electron chi connectivity index (χ1n) is 12.1. The normalized spacial score (nSPS) is 14.2. The van der Waals surface area contributed by atoms with Gasteiger partial charge in [0.2, 0.25) is 17.7 Å². The number of piperazine rings is 1. The van der Waals surface area contributed by atoms with Gasteiger partial charge in [-0.05, 0) is 30.8 Å². The molecule has 0 aliphatic carbocycles. The average Bonchev–Trinajstić information content (AvgIpc) is 3.59. The van der Waals surface area contributed by atoms with Gasteiger partial charge in [-0.2, -0.15) is 4.52 Å². The Labute approximate surface area is 208 Å². The molecule has 3 N–H and O–H groups in total. The first-order valence-corrected chi connectivity index (χ1v) is 12.1. The van der Waals surface area contributed by atoms with Gasteiger partial charge in [-0.1, -0.05) is 19.1 Å². The monoisotopic (exact) mass is 490 g/mol. The Morgan fingerprint density at radius 2 is 1.97 bits per heavy atom. The smallest absolute Gasteiger partial charge is 0.236 e. The van der Waals surface area contributed by atoms with Crippen molar-refractivity contribution in [1.29, 1.82) is 0 Å². The van der Waals surface area contributed by atoms with E-state index < -0.39 is 0 Å². The zero-order chi connectivity index (χ0) is 25.1. The number of aliphatic hydroxyl groups excluding tert-OH is 1. The van der Waals surface area contributed by atoms with E-state index >= 15 is 0 Å². The molecular weight excluding hydrogens is 460 g/mol. The van der Waals surface area contributed by atoms with Crippen LogP contribution in [0.15, 0.2) is 53.1 Å². The number of nitrogen functional groups attached to an aromatic ring is 1. The summed E-state index contributed by atoms with van der Waals surface area (Å²) in [5.74, 6) is 1.36. The number of amides is 1. The van der Waals surface area contributed by atoms with Gasteiger partial charge in [0.1, 0.15) is 0 Å². The Kier molecular flexibility index (Phi) is 6.83. The van der Waals surface area contributed by atoms with Gasteiger partial charge >= 0.3 is 0 Å². The number of carbonyl (C=O) groups is 1. The minimum absolute atomic E-state index is 0.0565. The lowest BCUT2D eigenvalue weighted by Gasteiger charge is -2.37. The number of nitrogens with two attached hydrogens (primary N) is 1. The third kappa shape index (κ3) is 4.88. The molecule has 1 amide bonds. The molecule has 0 radical (unpaired) electrons. The molecule has 1 aromatic carbocycles. The fraction of sp³-hybridized carbons (Fsp3) is 0.360. The molecule has 0 unspecified atom stereocenters. The summed E-state index contributed by atoms with van der Waals surface area (Å²) in [5, 5.41) is 13.6. The number of likely N-dealkylation sites (N-methyl/N-ethyl adjacent to an activating group) is 1. The second kappa shape index (κ2) is 10.3. The van der Waals surface area contributed by atoms with Crippen LogP contribution in [0.1, 0.15) is 6.92 Å². The number of hydrogen-bond donors (Lipinski definition) is 2. The molecule has 1 fully saturated rings. The molecular formula is C25H30N8O3. The van der Waals surface area contributed by atoms with Crippen molar-refractivity contribution in [2.45, 2.75) is 6.92 Å². The van der Waals surface area contributed by atoms with Gasteiger partial charge in [-0.3, -0.25) is 9.69 Å². The van der Waals surface area contributed by atoms with Crippen LogP contribution < -0.4 is 10.6 Å². The fourth-order valence-electron chi connectivity index (χ4n) is 4.43. The molecule has 0 atom stereocenters. The lowest BCUT2D eigenvalue weighted by molar-refractivity contribution is -0.132. The highest BCUT2D eigenvalue weighted by Gasteiger charge is 2.23. The zero-order valence-electron chi connectivity index (χ0n) is 20.2. The number of benzene rings is 1. The second-order valence-electron chi connectivity index (χ2n) is 8.69. The van der Waals surface area contributed by atoms with Gasteiger partial charge in [0.05, 0.1) is 25.1 Å². The SMILES string of the molecule is CCN(CCO)CC(=O)N1CCN(c2cccc(-c3cc4nc(-c5ccco5)nn4c(N)n3)c2)CC1. The molecule has 5 rings (SSSR count). The van der Waals surface area contributed by atoms with E-state index in [4.69, 9.17) is 15.3 Å². The molecule has 4 heterocycles. The number of aromatic nitrogens is 4. The average molecular weight is 491 g/mol. The highest BCUT2D eigenvalue weighted by atomic mass is 16.3. The number of hydrogen-bond acceptors (Lipinski definition) is 9. The van der Waals surface area contributed by atoms with Gasteiger partial charge in [-0.15, -0.1) is 5.10 Å². The number of aliphatic hydroxyl groups is 1. The number of carbonyl (C=O) groups excluding carboxylic acids is 1. The van der Waals surface area contributed by atoms with Crippen LogP contribution >= 0.6 is 0 Å². The topological polar surface area (TPSA) is 129 Å². The largest absolute Gasteiger partial charge is 0.461 e. The van der Waals surface area contributed by atoms with Crippen molar-refractivity contribution in [3.63, 3.8) is 0 Å². The van der Waals surface area contributed by atoms with Crippen molar-refractivity contribution in [3.8, 4) is 22.8 Å². The summed E-state index contributed by atoms with van der Waals surface area (Å²) in [5.41, 5.74) is 9.48. The maximum absolute atomic E-state index is 12.7. The summed E-state index contributed by atoms with van der Waals surface area (Å²) in [6.45, 7) is 6.45. The Bertz CT molecular complexity index is 1330. The minimum Gasteiger partial charge on any atom is -0.461 e. The summed E-state index contributed by atoms with van der Waals surface area (Å²) >= 11 is 0. The van der Waals surface area contributed by atoms with Gasteiger partial charge < -0.3 is 25.1 Å². The Morgan fingerprint density at radius 1 is 1.14 bits per heavy atom. The minimum atomic E-state index is 0.0565. The van der Waals surface area contributed by atoms with Crippen molar-refractivity contribution in [2.75, 3.05) is 63.1 Å². The highest BCUT2D eigenvalue weighted by molar-refractivity contribution is 5.78. The van der Waals surface area contributed by atoms with E-state index in [9.17, 15) is 4.79 Å². The van der Waals surface area contributed by atoms with Crippen molar-refractivity contribution in [1.82, 2.24) is 29.4 Å². The number of nitrogens with zero attached hydrogens (tertiary/aromatic N) is 7. The predicted octanol–water partition coefficient (Wildman–Crippen LogP) is 1.60. The summed E-state index contributed by atoms with van der Waals surface area (Å²) in [4.78, 5) is 27.9. The molecule has 11 heteroatoms. The van der Waals surface area contributed by atoms with E-state index in [1.807, 2.05) is 34.9 Å². The van der Waals surface area contributed by atoms with Crippen LogP contribution in [0.25, 0.3) is 28.5 Å². The van der Waals surface area contributed by atoms with Crippen molar-refractivity contribution in [2.24, 2.45) is 0 Å². The van der Waals surface area contributed by atoms with Crippen LogP contribution in [0.5, 0.6) is 0 Å². The van der Waals surface area contributed by atoms with Crippen LogP contribution in [0, 0.1) is 0 Å². The number of anilines is 2. The molecule has 3 aromatic heterocycles. The van der Waals surface area contributed by atoms with Crippen LogP contribution in [0.3, 0.4) is 0 Å². The number of rotatable bonds is 8. The van der Waals surface area contributed by atoms with E-state index in [0.29, 0.717) is 49.1 Å². The van der Waals surface area contributed by atoms with E-state index in [0.717, 1.165) is 30.9 Å². The van der Waals surface area contributed by atoms with Crippen molar-refractivity contribution in [3.05, 3.63) is 48.7 Å². The number of fused-ring (bicyclic) bond motifs is 1. The first kappa shape index (κ1) is 23.8. The van der Waals surface area contributed by atoms with Crippen LogP contribution in [0.2, 0.25) is 0 Å². The Hall–Kier alpha value is -3.96. The quantitative estimate of drug-likeness (QED) is 0.378. The van der Waals surface area contributed by atoms with Gasteiger partial charge in [0.15, 0.2) is 11.4 Å². The zero-order valence-corrected chi connectivity index (χ0v) is 20.2. The number of furan rings is 1. The predicted molar refractivity (Wildman–Crippen MR) is 136 cm³/mol. The summed E-state index contributed by atoms with van der Waals surface area (Å²) in [6, 6.07) is 13.6. The summed E-state index contributed by atoms with van der Waals surface area (Å²) in [7, 11) is 0. The lowest BCUT2D eigenvalue weighted by atomic mass is 10.1. The lowest BCUT2D eigenvalue weighted by Crippen LogP contribution is -2.51. The highest BCUT2D eigenvalue weighted by Crippen LogP contribution is 2.27. The standard InChI is InChI=1S/C25H30N8O3/c1-2-30(12-13-34)17-23(35)32-10-8-31(9-11-32)19-6-3-5-18(15-19)20-16-22-28-24(21-7-4-14-36-21)29-33(22)25(26)27-20/h3-7,14-16,34H,2,8-13,17H2,1H3,(H2,26,27). The Balaban J connectivity index is 1.30. The molecule has 4 aromatic rings. The van der Waals surface area contributed by atoms with Crippen LogP contribution in [-0.4, -0.2) is 92.8 Å². The molecule has 0 spiro atoms. The third-order valence-electron chi connectivity index (χ3n) is 6.45. The van der Waals surface area contributed by atoms with E-state index in [1.54, 1.807) is 18.4 Å². The molecule has 1 saturated heterocycles. The fourth-order valence-corrected chi connectivity index (χ4v) is 4.43. The van der Waals surface area contributed by atoms with E-state index in [-0.39, 0.29) is 18.5 Å². The molecule has 11 nitrogen and oxygen atoms in total. The molecule has 0 saturated carbocycles. The van der Waals surface area contributed by atoms with Crippen LogP contribution in [0.4, 0.5) is 11.6 Å². The van der Waals surface area contributed by atoms with Crippen molar-refractivity contribution < 1.29 is 14.3 Å². The summed E-state index contributed by atoms with van der Waals surface area (Å²) in [6.07, 6.45) is 1.58. The van der Waals surface area contributed by atoms with Crippen molar-refractivity contribution >= 4 is 23.2 Å². The molecule has 0 bridgehead atoms. The molecule has 36 heavy (non-hydrogen) atoms. The molecule has 1 aliphatic heterocycles. The van der Waals surface area contributed by atoms with Gasteiger partial charge in [0, 0.05) is 50.0 Å². The molecule has 1 aliphatic rings. The van der Waals surface area contributed by atoms with E-state index in [2.05, 4.69) is 32.1 Å². The molecule has 188 valence electrons. The third-order valence-corrected chi connectivity index (χ3v) is 6.45. The van der Waals surface area contributed by atoms with Gasteiger partial charge in [-0.25, -0.2) is 9.97 Å². The van der Waals surface area contributed by atoms with Gasteiger partial charge in [0.25, 0.3) is 0 Å². The first-order chi connectivity index (χ1) is 17.6. The Morgan fingerprint density at radius 3 is 2.69 bits per heavy atom. The maximum Gasteiger partial charge on any atom is 0.236 e. The van der Waals surface area contributed by atoms with E-state index in [1.165, 1.54) is 4.52 Å².